The molecule has 48 heteroatoms. The van der Waals surface area contributed by atoms with Gasteiger partial charge in [-0.2, -0.15) is 0 Å². The molecule has 105 heavy (non-hydrogen) atoms. The molecule has 6 fully saturated rings. The number of aliphatic hydroxyl groups is 20. The third-order valence-electron chi connectivity index (χ3n) is 18.0. The maximum absolute atomic E-state index is 14.2. The lowest BCUT2D eigenvalue weighted by atomic mass is 9.87. The van der Waals surface area contributed by atoms with Gasteiger partial charge in [-0.3, -0.25) is 24.0 Å². The van der Waals surface area contributed by atoms with E-state index in [0.717, 1.165) is 20.8 Å². The van der Waals surface area contributed by atoms with E-state index < -0.39 is 327 Å². The van der Waals surface area contributed by atoms with Crippen molar-refractivity contribution >= 4 is 47.9 Å². The fraction of sp³-hybridized carbons (Fsp3) is 0.860. The van der Waals surface area contributed by atoms with Crippen LogP contribution in [0.4, 0.5) is 0 Å². The number of nitrogens with one attached hydrogen (secondary N) is 5. The fourth-order valence-electron chi connectivity index (χ4n) is 12.7. The molecule has 0 radical (unpaired) electrons. The van der Waals surface area contributed by atoms with E-state index in [-0.39, 0.29) is 6.41 Å². The van der Waals surface area contributed by atoms with Gasteiger partial charge in [-0.25, -0.2) is 14.4 Å². The zero-order valence-corrected chi connectivity index (χ0v) is 55.9. The number of aliphatic carboxylic acids is 3. The van der Waals surface area contributed by atoms with E-state index in [1.54, 1.807) is 0 Å². The van der Waals surface area contributed by atoms with Crippen LogP contribution in [0.1, 0.15) is 40.0 Å². The van der Waals surface area contributed by atoms with E-state index >= 15 is 0 Å². The van der Waals surface area contributed by atoms with E-state index in [4.69, 9.17) is 56.8 Å². The highest BCUT2D eigenvalue weighted by molar-refractivity contribution is 5.79. The average Bonchev–Trinajstić information content (AvgIpc) is 0.753. The third-order valence-corrected chi connectivity index (χ3v) is 18.0. The second-order valence-corrected chi connectivity index (χ2v) is 25.5. The Kier molecular flexibility index (Phi) is 32.2. The molecule has 0 aliphatic carbocycles. The summed E-state index contributed by atoms with van der Waals surface area (Å²) in [6, 6.07) is -9.15. The van der Waals surface area contributed by atoms with Crippen molar-refractivity contribution in [1.29, 1.82) is 0 Å². The SMILES string of the molecule is CC(=O)N[C@H]1[C@H](O[C@@H]2[C@H](O[C@]3(C(=O)O)C[C@H](O)[C@@H](NC(C)=O)[C@H]([C@H](O)[C@@H](CO)O[C@]4(C(=O)O)C[C@H](O)[C@@H](NC(=O)CO)[C@H]([C@H](O)[C@H](O)CO)O4)O3)[C@@H](O)[C@H](O[C@H]3[C@H](O)[C@@H](O)[C@H](OC[C@@H](CO)NC=O)O[C@@H]3CO)O[C@@H]2CO)O[C@H](CO[C@]2(C(=O)O)C[C@H](O)[C@@H](NC(C)=O)[C@H]([C@H](O)[C@H](O)CO)O2)[C@H](O)[C@@H]1O. The summed E-state index contributed by atoms with van der Waals surface area (Å²) in [6.45, 7) is -8.17. The predicted molar refractivity (Wildman–Crippen MR) is 322 cm³/mol. The molecule has 48 nitrogen and oxygen atoms in total. The third kappa shape index (κ3) is 20.3. The summed E-state index contributed by atoms with van der Waals surface area (Å²) in [4.78, 5) is 102. The number of carboxylic acid groups (broad SMARTS) is 3. The number of carbonyl (C=O) groups excluding carboxylic acids is 5. The minimum Gasteiger partial charge on any atom is -0.477 e. The summed E-state index contributed by atoms with van der Waals surface area (Å²) >= 11 is 0. The zero-order valence-electron chi connectivity index (χ0n) is 55.9. The Hall–Kier alpha value is -5.52. The van der Waals surface area contributed by atoms with E-state index in [9.17, 15) is 156 Å². The van der Waals surface area contributed by atoms with Crippen LogP contribution < -0.4 is 26.6 Å². The van der Waals surface area contributed by atoms with Crippen LogP contribution in [0.2, 0.25) is 0 Å². The summed E-state index contributed by atoms with van der Waals surface area (Å²) in [7, 11) is 0. The second kappa shape index (κ2) is 38.2. The number of carboxylic acids is 3. The molecule has 0 spiro atoms. The van der Waals surface area contributed by atoms with Crippen molar-refractivity contribution in [2.45, 2.75) is 247 Å². The summed E-state index contributed by atoms with van der Waals surface area (Å²) in [5, 5.41) is 264. The molecule has 28 N–H and O–H groups in total. The van der Waals surface area contributed by atoms with Crippen molar-refractivity contribution in [2.75, 3.05) is 59.5 Å². The van der Waals surface area contributed by atoms with Gasteiger partial charge in [0.25, 0.3) is 17.4 Å². The molecule has 6 aliphatic heterocycles. The summed E-state index contributed by atoms with van der Waals surface area (Å²) < 4.78 is 69.8. The number of aliphatic hydroxyl groups excluding tert-OH is 20. The van der Waals surface area contributed by atoms with E-state index in [2.05, 4.69) is 21.3 Å². The number of hydrogen-bond acceptors (Lipinski definition) is 40. The van der Waals surface area contributed by atoms with Crippen LogP contribution in [0.3, 0.4) is 0 Å². The standard InChI is InChI=1S/C57H93N5O43/c1-17(71)59-31-21(74)4-55(52(88)89,102-45(31)35(80)24(77)8-64)95-15-29-37(82)39(84)34(61-19(3)73)49(98-29)100-44-28(12-68)97-51(99-43-27(11-67)96-50(41(86)40(43)85)94-14-20(7-63)58-16-70)42(87)48(44)105-57(54(92)93)6-22(75)32(60-18(2)72)47(104-57)38(83)26(10-66)101-56(53(90)91)5-23(76)33(62-30(79)13-69)46(103-56)36(81)25(78)9-65/h16,20-29,31-51,63-69,74-78,80-87H,4-15H2,1-3H3,(H,58,70)(H,59,71)(H,60,72)(H,61,73)(H,62,79)(H,88,89)(H,90,91)(H,92,93)/t20-,21+,22+,23+,24-,25-,26-,27-,28-,29-,31-,32-,33-,34-,35-,36-,37+,38-,39-,40-,41-,42-,43-,44+,45-,46-,47-,48-,49+,50-,51+,55-,56-,57+/m1/s1. The van der Waals surface area contributed by atoms with Crippen LogP contribution in [-0.4, -0.2) is 432 Å². The zero-order chi connectivity index (χ0) is 78.7. The lowest BCUT2D eigenvalue weighted by Crippen LogP contribution is -2.72. The second-order valence-electron chi connectivity index (χ2n) is 25.5. The highest BCUT2D eigenvalue weighted by atomic mass is 16.8. The molecule has 6 heterocycles. The molecule has 604 valence electrons. The molecule has 0 bridgehead atoms. The van der Waals surface area contributed by atoms with Gasteiger partial charge >= 0.3 is 17.9 Å². The molecule has 0 aromatic carbocycles. The van der Waals surface area contributed by atoms with Crippen LogP contribution in [0.15, 0.2) is 0 Å². The Morgan fingerprint density at radius 3 is 1.41 bits per heavy atom. The minimum atomic E-state index is -3.76. The topological polar surface area (TPSA) is 773 Å². The maximum atomic E-state index is 14.2. The van der Waals surface area contributed by atoms with E-state index in [0.29, 0.717) is 0 Å². The van der Waals surface area contributed by atoms with Gasteiger partial charge in [0.2, 0.25) is 30.0 Å². The van der Waals surface area contributed by atoms with Crippen LogP contribution in [0.5, 0.6) is 0 Å². The quantitative estimate of drug-likeness (QED) is 0.0259. The Morgan fingerprint density at radius 1 is 0.486 bits per heavy atom. The molecule has 34 atom stereocenters. The monoisotopic (exact) mass is 1540 g/mol. The number of amides is 5. The van der Waals surface area contributed by atoms with Crippen LogP contribution in [0.25, 0.3) is 0 Å². The van der Waals surface area contributed by atoms with Crippen molar-refractivity contribution < 1.29 is 213 Å². The van der Waals surface area contributed by atoms with E-state index in [1.165, 1.54) is 0 Å². The Morgan fingerprint density at radius 2 is 0.933 bits per heavy atom. The highest BCUT2D eigenvalue weighted by Crippen LogP contribution is 2.43. The lowest BCUT2D eigenvalue weighted by molar-refractivity contribution is -0.403. The first-order chi connectivity index (χ1) is 49.3. The maximum Gasteiger partial charge on any atom is 0.364 e. The van der Waals surface area contributed by atoms with Gasteiger partial charge in [0.05, 0.1) is 95.3 Å². The first-order valence-electron chi connectivity index (χ1n) is 32.4. The van der Waals surface area contributed by atoms with Gasteiger partial charge in [-0.15, -0.1) is 0 Å². The summed E-state index contributed by atoms with van der Waals surface area (Å²) in [6.07, 6.45) is -65.5. The van der Waals surface area contributed by atoms with E-state index in [1.807, 2.05) is 5.32 Å². The molecule has 6 rings (SSSR count). The summed E-state index contributed by atoms with van der Waals surface area (Å²) in [5.74, 6) is -21.6. The van der Waals surface area contributed by atoms with Gasteiger partial charge < -0.3 is 201 Å². The Balaban J connectivity index is 1.47. The van der Waals surface area contributed by atoms with Crippen LogP contribution in [-0.2, 0) is 95.2 Å². The van der Waals surface area contributed by atoms with Gasteiger partial charge in [0.15, 0.2) is 18.9 Å². The van der Waals surface area contributed by atoms with Gasteiger partial charge in [-0.1, -0.05) is 0 Å². The first-order valence-corrected chi connectivity index (χ1v) is 32.4. The number of carbonyl (C=O) groups is 8. The number of ether oxygens (including phenoxy) is 12. The van der Waals surface area contributed by atoms with Gasteiger partial charge in [-0.05, 0) is 0 Å². The molecule has 0 aromatic heterocycles. The van der Waals surface area contributed by atoms with Crippen molar-refractivity contribution in [1.82, 2.24) is 26.6 Å². The van der Waals surface area contributed by atoms with Crippen LogP contribution >= 0.6 is 0 Å². The molecular formula is C57H93N5O43. The van der Waals surface area contributed by atoms with Crippen molar-refractivity contribution in [3.05, 3.63) is 0 Å². The van der Waals surface area contributed by atoms with Gasteiger partial charge in [0.1, 0.15) is 135 Å². The van der Waals surface area contributed by atoms with Crippen molar-refractivity contribution in [3.63, 3.8) is 0 Å². The molecule has 0 saturated carbocycles. The van der Waals surface area contributed by atoms with Crippen molar-refractivity contribution in [2.24, 2.45) is 0 Å². The highest BCUT2D eigenvalue weighted by Gasteiger charge is 2.65. The largest absolute Gasteiger partial charge is 0.477 e. The fourth-order valence-corrected chi connectivity index (χ4v) is 12.7. The average molecular weight is 1540 g/mol. The molecule has 6 aliphatic rings. The predicted octanol–water partition coefficient (Wildman–Crippen LogP) is -17.8. The Labute approximate surface area is 592 Å². The lowest BCUT2D eigenvalue weighted by Gasteiger charge is -2.53. The number of rotatable bonds is 36. The van der Waals surface area contributed by atoms with Crippen LogP contribution in [0, 0.1) is 0 Å². The van der Waals surface area contributed by atoms with Crippen molar-refractivity contribution in [3.8, 4) is 0 Å². The smallest absolute Gasteiger partial charge is 0.364 e. The molecular weight excluding hydrogens is 1440 g/mol. The van der Waals surface area contributed by atoms with Gasteiger partial charge in [0, 0.05) is 40.0 Å². The Bertz CT molecular complexity index is 2880. The molecule has 0 unspecified atom stereocenters. The summed E-state index contributed by atoms with van der Waals surface area (Å²) in [5.41, 5.74) is 0. The minimum absolute atomic E-state index is 0.183. The molecule has 5 amide bonds. The first kappa shape index (κ1) is 88.4. The normalized spacial score (nSPS) is 40.1. The molecule has 6 saturated heterocycles. The number of hydrogen-bond donors (Lipinski definition) is 28. The molecule has 0 aromatic rings.